The fraction of sp³-hybridized carbons (Fsp3) is 0.278. The number of aromatic nitrogens is 4. The minimum Gasteiger partial charge on any atom is -0.369 e. The van der Waals surface area contributed by atoms with E-state index < -0.39 is 0 Å². The molecule has 0 amide bonds. The molecular weight excluding hydrogens is 416 g/mol. The van der Waals surface area contributed by atoms with E-state index in [1.807, 2.05) is 36.4 Å². The van der Waals surface area contributed by atoms with Crippen molar-refractivity contribution in [3.05, 3.63) is 69.4 Å². The number of halogens is 2. The molecule has 1 saturated heterocycles. The Bertz CT molecular complexity index is 864. The van der Waals surface area contributed by atoms with Crippen LogP contribution < -0.4 is 4.90 Å². The number of piperazine rings is 1. The maximum Gasteiger partial charge on any atom is 0.196 e. The molecule has 26 heavy (non-hydrogen) atoms. The molecule has 1 fully saturated rings. The predicted molar refractivity (Wildman–Crippen MR) is 105 cm³/mol. The Morgan fingerprint density at radius 2 is 1.85 bits per heavy atom. The van der Waals surface area contributed by atoms with Gasteiger partial charge in [-0.15, -0.1) is 10.2 Å². The lowest BCUT2D eigenvalue weighted by molar-refractivity contribution is 0.205. The molecule has 0 bridgehead atoms. The van der Waals surface area contributed by atoms with Crippen LogP contribution in [0.5, 0.6) is 0 Å². The van der Waals surface area contributed by atoms with Crippen molar-refractivity contribution in [2.45, 2.75) is 6.04 Å². The summed E-state index contributed by atoms with van der Waals surface area (Å²) in [7, 11) is 0. The van der Waals surface area contributed by atoms with Gasteiger partial charge in [-0.25, -0.2) is 0 Å². The van der Waals surface area contributed by atoms with Gasteiger partial charge in [-0.2, -0.15) is 5.21 Å². The lowest BCUT2D eigenvalue weighted by Gasteiger charge is -2.39. The summed E-state index contributed by atoms with van der Waals surface area (Å²) in [4.78, 5) is 4.75. The smallest absolute Gasteiger partial charge is 0.196 e. The average molecular weight is 434 g/mol. The molecule has 1 N–H and O–H groups in total. The molecule has 0 spiro atoms. The van der Waals surface area contributed by atoms with Crippen LogP contribution in [0.4, 0.5) is 5.69 Å². The molecular formula is C18H18BrClN6. The highest BCUT2D eigenvalue weighted by molar-refractivity contribution is 9.10. The Morgan fingerprint density at radius 1 is 1.04 bits per heavy atom. The summed E-state index contributed by atoms with van der Waals surface area (Å²) in [6.45, 7) is 3.62. The molecule has 4 rings (SSSR count). The molecule has 134 valence electrons. The van der Waals surface area contributed by atoms with E-state index in [1.165, 1.54) is 0 Å². The van der Waals surface area contributed by atoms with Gasteiger partial charge in [0.2, 0.25) is 0 Å². The van der Waals surface area contributed by atoms with Crippen molar-refractivity contribution in [3.63, 3.8) is 0 Å². The monoisotopic (exact) mass is 432 g/mol. The van der Waals surface area contributed by atoms with Crippen LogP contribution in [-0.2, 0) is 0 Å². The number of nitrogens with one attached hydrogen (secondary N) is 1. The van der Waals surface area contributed by atoms with Crippen molar-refractivity contribution in [1.29, 1.82) is 0 Å². The number of hydrogen-bond acceptors (Lipinski definition) is 5. The summed E-state index contributed by atoms with van der Waals surface area (Å²) in [6, 6.07) is 16.2. The predicted octanol–water partition coefficient (Wildman–Crippen LogP) is 3.53. The van der Waals surface area contributed by atoms with Crippen LogP contribution in [0.15, 0.2) is 53.0 Å². The first-order valence-electron chi connectivity index (χ1n) is 8.45. The Hall–Kier alpha value is -1.96. The van der Waals surface area contributed by atoms with E-state index in [9.17, 15) is 0 Å². The van der Waals surface area contributed by atoms with E-state index in [-0.39, 0.29) is 6.04 Å². The second-order valence-electron chi connectivity index (χ2n) is 6.20. The number of anilines is 1. The molecule has 1 atom stereocenters. The highest BCUT2D eigenvalue weighted by Gasteiger charge is 2.30. The van der Waals surface area contributed by atoms with E-state index in [0.717, 1.165) is 46.9 Å². The van der Waals surface area contributed by atoms with E-state index in [0.29, 0.717) is 5.82 Å². The first-order valence-corrected chi connectivity index (χ1v) is 9.62. The van der Waals surface area contributed by atoms with Gasteiger partial charge in [0, 0.05) is 41.4 Å². The lowest BCUT2D eigenvalue weighted by Crippen LogP contribution is -2.48. The summed E-state index contributed by atoms with van der Waals surface area (Å²) in [5, 5.41) is 15.6. The summed E-state index contributed by atoms with van der Waals surface area (Å²) in [5.41, 5.74) is 2.30. The molecule has 1 unspecified atom stereocenters. The van der Waals surface area contributed by atoms with Crippen LogP contribution >= 0.6 is 27.5 Å². The van der Waals surface area contributed by atoms with Gasteiger partial charge in [-0.3, -0.25) is 4.90 Å². The Morgan fingerprint density at radius 3 is 2.54 bits per heavy atom. The molecule has 2 aromatic carbocycles. The maximum atomic E-state index is 6.14. The number of rotatable bonds is 4. The van der Waals surface area contributed by atoms with Crippen molar-refractivity contribution in [3.8, 4) is 0 Å². The van der Waals surface area contributed by atoms with Crippen molar-refractivity contribution >= 4 is 33.2 Å². The molecule has 0 aliphatic carbocycles. The lowest BCUT2D eigenvalue weighted by atomic mass is 10.0. The zero-order chi connectivity index (χ0) is 17.9. The summed E-state index contributed by atoms with van der Waals surface area (Å²) in [5.74, 6) is 0.688. The SMILES string of the molecule is Clc1cccc(N2CCN(C(c3nn[nH]n3)c3ccccc3Br)CC2)c1. The van der Waals surface area contributed by atoms with Crippen LogP contribution in [0.3, 0.4) is 0 Å². The van der Waals surface area contributed by atoms with Crippen molar-refractivity contribution < 1.29 is 0 Å². The second kappa shape index (κ2) is 7.73. The summed E-state index contributed by atoms with van der Waals surface area (Å²) in [6.07, 6.45) is 0. The van der Waals surface area contributed by atoms with Crippen molar-refractivity contribution in [1.82, 2.24) is 25.5 Å². The number of benzene rings is 2. The molecule has 0 saturated carbocycles. The molecule has 1 aromatic heterocycles. The van der Waals surface area contributed by atoms with Gasteiger partial charge >= 0.3 is 0 Å². The van der Waals surface area contributed by atoms with E-state index >= 15 is 0 Å². The van der Waals surface area contributed by atoms with Gasteiger partial charge in [0.05, 0.1) is 0 Å². The minimum atomic E-state index is -0.0363. The normalized spacial score (nSPS) is 16.6. The van der Waals surface area contributed by atoms with Gasteiger partial charge in [0.25, 0.3) is 0 Å². The van der Waals surface area contributed by atoms with Gasteiger partial charge in [0.15, 0.2) is 5.82 Å². The van der Waals surface area contributed by atoms with Crippen LogP contribution in [-0.4, -0.2) is 51.7 Å². The quantitative estimate of drug-likeness (QED) is 0.682. The van der Waals surface area contributed by atoms with Gasteiger partial charge < -0.3 is 4.90 Å². The van der Waals surface area contributed by atoms with Crippen molar-refractivity contribution in [2.75, 3.05) is 31.1 Å². The number of H-pyrrole nitrogens is 1. The molecule has 6 nitrogen and oxygen atoms in total. The van der Waals surface area contributed by atoms with E-state index in [2.05, 4.69) is 58.5 Å². The third-order valence-corrected chi connectivity index (χ3v) is 5.62. The molecule has 8 heteroatoms. The summed E-state index contributed by atoms with van der Waals surface area (Å²) >= 11 is 9.81. The van der Waals surface area contributed by atoms with E-state index in [1.54, 1.807) is 0 Å². The van der Waals surface area contributed by atoms with Crippen LogP contribution in [0.2, 0.25) is 5.02 Å². The number of nitrogens with zero attached hydrogens (tertiary/aromatic N) is 5. The topological polar surface area (TPSA) is 60.9 Å². The molecule has 1 aliphatic rings. The Balaban J connectivity index is 1.56. The zero-order valence-corrected chi connectivity index (χ0v) is 16.4. The van der Waals surface area contributed by atoms with Crippen molar-refractivity contribution in [2.24, 2.45) is 0 Å². The van der Waals surface area contributed by atoms with Crippen LogP contribution in [0, 0.1) is 0 Å². The third-order valence-electron chi connectivity index (χ3n) is 4.66. The average Bonchev–Trinajstić information content (AvgIpc) is 3.18. The fourth-order valence-electron chi connectivity index (χ4n) is 3.39. The number of aromatic amines is 1. The highest BCUT2D eigenvalue weighted by Crippen LogP contribution is 2.32. The molecule has 3 aromatic rings. The van der Waals surface area contributed by atoms with Gasteiger partial charge in [0.1, 0.15) is 6.04 Å². The fourth-order valence-corrected chi connectivity index (χ4v) is 4.08. The second-order valence-corrected chi connectivity index (χ2v) is 7.49. The Kier molecular flexibility index (Phi) is 5.19. The standard InChI is InChI=1S/C18H18BrClN6/c19-16-7-2-1-6-15(16)17(18-21-23-24-22-18)26-10-8-25(9-11-26)14-5-3-4-13(20)12-14/h1-7,12,17H,8-11H2,(H,21,22,23,24). The first-order chi connectivity index (χ1) is 12.7. The number of tetrazole rings is 1. The highest BCUT2D eigenvalue weighted by atomic mass is 79.9. The number of hydrogen-bond donors (Lipinski definition) is 1. The Labute approximate surface area is 165 Å². The van der Waals surface area contributed by atoms with Gasteiger partial charge in [-0.05, 0) is 29.8 Å². The first kappa shape index (κ1) is 17.5. The summed E-state index contributed by atoms with van der Waals surface area (Å²) < 4.78 is 1.05. The van der Waals surface area contributed by atoms with E-state index in [4.69, 9.17) is 11.6 Å². The van der Waals surface area contributed by atoms with Crippen LogP contribution in [0.1, 0.15) is 17.4 Å². The maximum absolute atomic E-state index is 6.14. The van der Waals surface area contributed by atoms with Crippen LogP contribution in [0.25, 0.3) is 0 Å². The minimum absolute atomic E-state index is 0.0363. The van der Waals surface area contributed by atoms with Gasteiger partial charge in [-0.1, -0.05) is 57.0 Å². The molecule has 2 heterocycles. The largest absolute Gasteiger partial charge is 0.369 e. The molecule has 0 radical (unpaired) electrons. The zero-order valence-electron chi connectivity index (χ0n) is 14.0. The third kappa shape index (κ3) is 3.60. The molecule has 1 aliphatic heterocycles.